The van der Waals surface area contributed by atoms with E-state index in [9.17, 15) is 13.2 Å². The third-order valence-corrected chi connectivity index (χ3v) is 8.38. The molecule has 4 rings (SSSR count). The highest BCUT2D eigenvalue weighted by Crippen LogP contribution is 2.47. The van der Waals surface area contributed by atoms with E-state index in [1.165, 1.54) is 4.31 Å². The maximum absolute atomic E-state index is 12.9. The van der Waals surface area contributed by atoms with E-state index in [4.69, 9.17) is 5.73 Å². The number of benzene rings is 1. The van der Waals surface area contributed by atoms with E-state index in [-0.39, 0.29) is 22.8 Å². The summed E-state index contributed by atoms with van der Waals surface area (Å²) in [4.78, 5) is 15.1. The van der Waals surface area contributed by atoms with Crippen molar-refractivity contribution in [1.29, 1.82) is 0 Å². The molecule has 1 saturated heterocycles. The molecular weight excluding hydrogens is 364 g/mol. The predicted octanol–water partition coefficient (Wildman–Crippen LogP) is 0.935. The standard InChI is InChI=1S/C19H28N4O3S/c1-22-7-9-23(10-8-22)27(25,26)16-4-2-3-15(12-16)21-19(24)17-13-5-6-14(11-13)18(17)20/h2-4,12-14,17-18H,5-11,20H2,1H3,(H,21,24). The van der Waals surface area contributed by atoms with E-state index < -0.39 is 10.0 Å². The van der Waals surface area contributed by atoms with Crippen LogP contribution in [0.5, 0.6) is 0 Å². The Morgan fingerprint density at radius 1 is 1.15 bits per heavy atom. The number of piperazine rings is 1. The van der Waals surface area contributed by atoms with Crippen LogP contribution in [0.25, 0.3) is 0 Å². The minimum atomic E-state index is -3.55. The van der Waals surface area contributed by atoms with Crippen LogP contribution in [-0.2, 0) is 14.8 Å². The maximum Gasteiger partial charge on any atom is 0.243 e. The third kappa shape index (κ3) is 3.51. The lowest BCUT2D eigenvalue weighted by atomic mass is 9.84. The molecule has 0 spiro atoms. The normalized spacial score (nSPS) is 31.9. The first-order valence-electron chi connectivity index (χ1n) is 9.71. The zero-order valence-electron chi connectivity index (χ0n) is 15.7. The number of nitrogens with two attached hydrogens (primary N) is 1. The minimum absolute atomic E-state index is 0.0798. The summed E-state index contributed by atoms with van der Waals surface area (Å²) < 4.78 is 27.4. The van der Waals surface area contributed by atoms with Gasteiger partial charge in [0.1, 0.15) is 0 Å². The number of carbonyl (C=O) groups is 1. The van der Waals surface area contributed by atoms with Gasteiger partial charge in [0.2, 0.25) is 15.9 Å². The van der Waals surface area contributed by atoms with E-state index in [2.05, 4.69) is 10.2 Å². The first-order valence-corrected chi connectivity index (χ1v) is 11.2. The van der Waals surface area contributed by atoms with Gasteiger partial charge in [0, 0.05) is 37.9 Å². The lowest BCUT2D eigenvalue weighted by Crippen LogP contribution is -2.47. The number of sulfonamides is 1. The number of nitrogens with one attached hydrogen (secondary N) is 1. The number of anilines is 1. The SMILES string of the molecule is CN1CCN(S(=O)(=O)c2cccc(NC(=O)C3C4CCC(C4)C3N)c2)CC1. The monoisotopic (exact) mass is 392 g/mol. The molecule has 4 unspecified atom stereocenters. The van der Waals surface area contributed by atoms with Gasteiger partial charge in [-0.3, -0.25) is 4.79 Å². The average Bonchev–Trinajstić information content (AvgIpc) is 3.23. The molecule has 0 radical (unpaired) electrons. The van der Waals surface area contributed by atoms with Gasteiger partial charge in [0.25, 0.3) is 0 Å². The predicted molar refractivity (Wildman–Crippen MR) is 104 cm³/mol. The van der Waals surface area contributed by atoms with Crippen LogP contribution in [0.15, 0.2) is 29.2 Å². The molecule has 0 aromatic heterocycles. The molecule has 1 aromatic carbocycles. The molecular formula is C19H28N4O3S. The smallest absolute Gasteiger partial charge is 0.243 e. The molecule has 3 aliphatic rings. The van der Waals surface area contributed by atoms with E-state index in [0.29, 0.717) is 30.6 Å². The van der Waals surface area contributed by atoms with Gasteiger partial charge in [-0.05, 0) is 56.3 Å². The first kappa shape index (κ1) is 18.9. The van der Waals surface area contributed by atoms with E-state index in [1.807, 2.05) is 7.05 Å². The Kier molecular flexibility index (Phi) is 5.00. The van der Waals surface area contributed by atoms with Crippen molar-refractivity contribution in [3.8, 4) is 0 Å². The zero-order valence-corrected chi connectivity index (χ0v) is 16.5. The molecule has 148 valence electrons. The number of fused-ring (bicyclic) bond motifs is 2. The number of nitrogens with zero attached hydrogens (tertiary/aromatic N) is 2. The number of likely N-dealkylation sites (N-methyl/N-ethyl adjacent to an activating group) is 1. The van der Waals surface area contributed by atoms with E-state index in [0.717, 1.165) is 32.4 Å². The largest absolute Gasteiger partial charge is 0.327 e. The molecule has 8 heteroatoms. The summed E-state index contributed by atoms with van der Waals surface area (Å²) in [6.07, 6.45) is 3.22. The Bertz CT molecular complexity index is 818. The Labute approximate surface area is 160 Å². The van der Waals surface area contributed by atoms with Crippen molar-refractivity contribution in [3.05, 3.63) is 24.3 Å². The maximum atomic E-state index is 12.9. The van der Waals surface area contributed by atoms with Crippen molar-refractivity contribution in [2.24, 2.45) is 23.5 Å². The lowest BCUT2D eigenvalue weighted by molar-refractivity contribution is -0.121. The molecule has 3 N–H and O–H groups in total. The molecule has 7 nitrogen and oxygen atoms in total. The second-order valence-electron chi connectivity index (χ2n) is 8.16. The summed E-state index contributed by atoms with van der Waals surface area (Å²) in [5.74, 6) is 0.572. The van der Waals surface area contributed by atoms with Crippen molar-refractivity contribution in [3.63, 3.8) is 0 Å². The summed E-state index contributed by atoms with van der Waals surface area (Å²) in [7, 11) is -1.56. The molecule has 27 heavy (non-hydrogen) atoms. The summed E-state index contributed by atoms with van der Waals surface area (Å²) >= 11 is 0. The first-order chi connectivity index (χ1) is 12.9. The van der Waals surface area contributed by atoms with Crippen LogP contribution in [0, 0.1) is 17.8 Å². The number of hydrogen-bond donors (Lipinski definition) is 2. The second kappa shape index (κ2) is 7.16. The number of rotatable bonds is 4. The second-order valence-corrected chi connectivity index (χ2v) is 10.1. The van der Waals surface area contributed by atoms with Crippen LogP contribution in [0.1, 0.15) is 19.3 Å². The molecule has 4 atom stereocenters. The van der Waals surface area contributed by atoms with Crippen molar-refractivity contribution in [2.45, 2.75) is 30.2 Å². The molecule has 1 aromatic rings. The van der Waals surface area contributed by atoms with Crippen molar-refractivity contribution in [1.82, 2.24) is 9.21 Å². The van der Waals surface area contributed by atoms with Crippen LogP contribution in [0.4, 0.5) is 5.69 Å². The van der Waals surface area contributed by atoms with E-state index >= 15 is 0 Å². The van der Waals surface area contributed by atoms with Crippen LogP contribution < -0.4 is 11.1 Å². The van der Waals surface area contributed by atoms with Crippen molar-refractivity contribution in [2.75, 3.05) is 38.5 Å². The van der Waals surface area contributed by atoms with Gasteiger partial charge in [-0.25, -0.2) is 8.42 Å². The molecule has 2 aliphatic carbocycles. The van der Waals surface area contributed by atoms with Gasteiger partial charge in [0.05, 0.1) is 10.8 Å². The van der Waals surface area contributed by atoms with Crippen LogP contribution in [0.3, 0.4) is 0 Å². The zero-order chi connectivity index (χ0) is 19.2. The number of hydrogen-bond acceptors (Lipinski definition) is 5. The van der Waals surface area contributed by atoms with Crippen LogP contribution >= 0.6 is 0 Å². The highest BCUT2D eigenvalue weighted by atomic mass is 32.2. The van der Waals surface area contributed by atoms with Crippen LogP contribution in [-0.4, -0.2) is 62.8 Å². The van der Waals surface area contributed by atoms with Gasteiger partial charge < -0.3 is 16.0 Å². The third-order valence-electron chi connectivity index (χ3n) is 6.48. The van der Waals surface area contributed by atoms with Gasteiger partial charge in [-0.1, -0.05) is 6.07 Å². The Hall–Kier alpha value is -1.48. The molecule has 1 heterocycles. The lowest BCUT2D eigenvalue weighted by Gasteiger charge is -2.31. The molecule has 1 aliphatic heterocycles. The fraction of sp³-hybridized carbons (Fsp3) is 0.632. The fourth-order valence-electron chi connectivity index (χ4n) is 4.86. The highest BCUT2D eigenvalue weighted by Gasteiger charge is 2.49. The van der Waals surface area contributed by atoms with Crippen molar-refractivity contribution >= 4 is 21.6 Å². The average molecular weight is 393 g/mol. The molecule has 3 fully saturated rings. The van der Waals surface area contributed by atoms with Gasteiger partial charge in [-0.15, -0.1) is 0 Å². The Morgan fingerprint density at radius 2 is 1.85 bits per heavy atom. The topological polar surface area (TPSA) is 95.7 Å². The van der Waals surface area contributed by atoms with Crippen LogP contribution in [0.2, 0.25) is 0 Å². The Balaban J connectivity index is 1.48. The van der Waals surface area contributed by atoms with Crippen molar-refractivity contribution < 1.29 is 13.2 Å². The number of amides is 1. The summed E-state index contributed by atoms with van der Waals surface area (Å²) in [5, 5.41) is 2.91. The fourth-order valence-corrected chi connectivity index (χ4v) is 6.33. The molecule has 1 amide bonds. The number of carbonyl (C=O) groups excluding carboxylic acids is 1. The summed E-state index contributed by atoms with van der Waals surface area (Å²) in [5.41, 5.74) is 6.78. The van der Waals surface area contributed by atoms with Gasteiger partial charge >= 0.3 is 0 Å². The summed E-state index contributed by atoms with van der Waals surface area (Å²) in [6, 6.07) is 6.48. The summed E-state index contributed by atoms with van der Waals surface area (Å²) in [6.45, 7) is 2.40. The highest BCUT2D eigenvalue weighted by molar-refractivity contribution is 7.89. The molecule has 2 saturated carbocycles. The van der Waals surface area contributed by atoms with Gasteiger partial charge in [0.15, 0.2) is 0 Å². The van der Waals surface area contributed by atoms with E-state index in [1.54, 1.807) is 24.3 Å². The quantitative estimate of drug-likeness (QED) is 0.795. The minimum Gasteiger partial charge on any atom is -0.327 e. The van der Waals surface area contributed by atoms with Gasteiger partial charge in [-0.2, -0.15) is 4.31 Å². The molecule has 2 bridgehead atoms. The Morgan fingerprint density at radius 3 is 2.52 bits per heavy atom.